The van der Waals surface area contributed by atoms with E-state index in [4.69, 9.17) is 0 Å². The molecule has 4 aliphatic heterocycles. The summed E-state index contributed by atoms with van der Waals surface area (Å²) in [5, 5.41) is 26.1. The Morgan fingerprint density at radius 1 is 0.500 bits per heavy atom. The first-order valence-corrected chi connectivity index (χ1v) is 35.0. The Bertz CT molecular complexity index is 2910. The molecule has 0 amide bonds. The van der Waals surface area contributed by atoms with Crippen LogP contribution in [0.2, 0.25) is 13.6 Å². The van der Waals surface area contributed by atoms with Crippen molar-refractivity contribution in [2.24, 2.45) is 23.7 Å². The number of hydrogen-bond donors (Lipinski definition) is 4. The number of likely N-dealkylation sites (tertiary alicyclic amines) is 1. The quantitative estimate of drug-likeness (QED) is 0.0549. The summed E-state index contributed by atoms with van der Waals surface area (Å²) in [6.45, 7) is 14.9. The number of rotatable bonds is 20. The number of anilines is 4. The van der Waals surface area contributed by atoms with Gasteiger partial charge < -0.3 is 35.2 Å². The van der Waals surface area contributed by atoms with E-state index in [-0.39, 0.29) is 13.0 Å². The molecule has 0 saturated carbocycles. The van der Waals surface area contributed by atoms with Crippen LogP contribution in [0, 0.1) is 23.7 Å². The number of sulfonamides is 3. The van der Waals surface area contributed by atoms with Crippen LogP contribution < -0.4 is 23.5 Å². The molecule has 5 aromatic rings. The lowest BCUT2D eigenvalue weighted by Crippen LogP contribution is -2.47. The average molecular weight is 1180 g/mol. The van der Waals surface area contributed by atoms with Gasteiger partial charge in [0, 0.05) is 45.0 Å². The van der Waals surface area contributed by atoms with Gasteiger partial charge in [-0.2, -0.15) is 0 Å². The van der Waals surface area contributed by atoms with Crippen molar-refractivity contribution < 1.29 is 35.3 Å². The van der Waals surface area contributed by atoms with Crippen LogP contribution in [0.5, 0.6) is 0 Å². The second-order valence-electron chi connectivity index (χ2n) is 22.7. The molecule has 0 unspecified atom stereocenters. The van der Waals surface area contributed by atoms with E-state index in [0.717, 1.165) is 122 Å². The molecule has 0 radical (unpaired) electrons. The van der Waals surface area contributed by atoms with Gasteiger partial charge in [0.1, 0.15) is 0 Å². The summed E-state index contributed by atoms with van der Waals surface area (Å²) < 4.78 is 77.2. The first kappa shape index (κ1) is 66.2. The summed E-state index contributed by atoms with van der Waals surface area (Å²) in [4.78, 5) is 6.63. The maximum atomic E-state index is 12.3. The molecule has 4 saturated heterocycles. The van der Waals surface area contributed by atoms with E-state index in [0.29, 0.717) is 43.1 Å². The van der Waals surface area contributed by atoms with Gasteiger partial charge in [-0.3, -0.25) is 12.9 Å². The fourth-order valence-corrected chi connectivity index (χ4v) is 14.3. The van der Waals surface area contributed by atoms with Crippen molar-refractivity contribution in [1.82, 2.24) is 19.8 Å². The number of nitrogens with zero attached hydrogens (tertiary/aromatic N) is 6. The molecule has 4 aliphatic rings. The normalized spacial score (nSPS) is 20.0. The predicted molar refractivity (Wildman–Crippen MR) is 342 cm³/mol. The maximum Gasteiger partial charge on any atom is 0.376 e. The van der Waals surface area contributed by atoms with Gasteiger partial charge in [0.15, 0.2) is 0 Å². The number of benzene rings is 5. The van der Waals surface area contributed by atoms with Crippen molar-refractivity contribution in [3.8, 4) is 0 Å². The van der Waals surface area contributed by atoms with E-state index >= 15 is 0 Å². The van der Waals surface area contributed by atoms with Crippen molar-refractivity contribution in [2.75, 3.05) is 122 Å². The van der Waals surface area contributed by atoms with Crippen molar-refractivity contribution >= 4 is 66.9 Å². The van der Waals surface area contributed by atoms with E-state index in [1.54, 1.807) is 11.1 Å². The van der Waals surface area contributed by atoms with Gasteiger partial charge in [-0.25, -0.2) is 25.3 Å². The molecule has 4 N–H and O–H groups in total. The molecule has 4 heterocycles. The fourth-order valence-electron chi connectivity index (χ4n) is 11.3. The summed E-state index contributed by atoms with van der Waals surface area (Å²) in [7, 11) is -10.6. The second-order valence-corrected chi connectivity index (χ2v) is 28.4. The van der Waals surface area contributed by atoms with Gasteiger partial charge in [-0.1, -0.05) is 103 Å². The Kier molecular flexibility index (Phi) is 27.0. The Balaban J connectivity index is 0.000000178. The van der Waals surface area contributed by atoms with Gasteiger partial charge in [0.05, 0.1) is 35.8 Å². The molecular formula is C61H92B2N8O8S3. The molecule has 4 atom stereocenters. The van der Waals surface area contributed by atoms with Crippen LogP contribution >= 0.6 is 0 Å². The van der Waals surface area contributed by atoms with Crippen LogP contribution in [0.1, 0.15) is 56.9 Å². The molecule has 0 aliphatic carbocycles. The van der Waals surface area contributed by atoms with Gasteiger partial charge in [0.2, 0.25) is 30.1 Å². The van der Waals surface area contributed by atoms with Crippen LogP contribution in [0.25, 0.3) is 0 Å². The molecule has 4 fully saturated rings. The fraction of sp³-hybridized carbons (Fsp3) is 0.508. The zero-order valence-corrected chi connectivity index (χ0v) is 51.7. The highest BCUT2D eigenvalue weighted by Gasteiger charge is 2.30. The number of para-hydroxylation sites is 4. The average Bonchev–Trinajstić information content (AvgIpc) is 3.62. The van der Waals surface area contributed by atoms with Crippen LogP contribution in [0.3, 0.4) is 0 Å². The Morgan fingerprint density at radius 3 is 1.30 bits per heavy atom. The third-order valence-corrected chi connectivity index (χ3v) is 19.2. The second kappa shape index (κ2) is 33.5. The molecule has 0 spiro atoms. The minimum atomic E-state index is -3.30. The van der Waals surface area contributed by atoms with Gasteiger partial charge >= 0.3 is 14.1 Å². The first-order valence-electron chi connectivity index (χ1n) is 29.4. The molecule has 448 valence electrons. The van der Waals surface area contributed by atoms with Crippen LogP contribution in [-0.2, 0) is 36.5 Å². The zero-order chi connectivity index (χ0) is 59.0. The molecular weight excluding hydrogens is 1090 g/mol. The molecule has 9 rings (SSSR count). The van der Waals surface area contributed by atoms with E-state index in [9.17, 15) is 35.3 Å². The third kappa shape index (κ3) is 23.2. The van der Waals surface area contributed by atoms with E-state index in [1.807, 2.05) is 127 Å². The Labute approximate surface area is 493 Å². The van der Waals surface area contributed by atoms with Crippen molar-refractivity contribution in [3.05, 3.63) is 157 Å². The van der Waals surface area contributed by atoms with Crippen molar-refractivity contribution in [3.63, 3.8) is 0 Å². The number of hydrogen-bond acceptors (Lipinski definition) is 13. The van der Waals surface area contributed by atoms with Gasteiger partial charge in [-0.15, -0.1) is 0 Å². The SMILES string of the molecule is CB(O)N1CCC[C@@H](CN(c2ccccc2)S(C)(=O)=O)C1.CB(O)N1CCC[C@@H](CNc2ccccc2)C1.CS(=O)(=O)N(C[C@@H]1CCCN(CCc2ccccc2)C1)c1ccccc1.CS(=O)(=O)N(C[C@@H]1CCCNC1)c1ccccc1. The lowest BCUT2D eigenvalue weighted by Gasteiger charge is -2.36. The highest BCUT2D eigenvalue weighted by molar-refractivity contribution is 7.92. The van der Waals surface area contributed by atoms with Crippen molar-refractivity contribution in [2.45, 2.75) is 71.4 Å². The lowest BCUT2D eigenvalue weighted by molar-refractivity contribution is 0.180. The summed E-state index contributed by atoms with van der Waals surface area (Å²) in [6, 6.07) is 48.8. The highest BCUT2D eigenvalue weighted by Crippen LogP contribution is 2.27. The van der Waals surface area contributed by atoms with Gasteiger partial charge in [0.25, 0.3) is 0 Å². The van der Waals surface area contributed by atoms with E-state index in [1.165, 1.54) is 51.5 Å². The number of nitrogens with one attached hydrogen (secondary N) is 2. The summed E-state index contributed by atoms with van der Waals surface area (Å²) in [6.07, 6.45) is 13.7. The zero-order valence-electron chi connectivity index (χ0n) is 49.2. The molecule has 16 nitrogen and oxygen atoms in total. The first-order chi connectivity index (χ1) is 39.2. The molecule has 82 heavy (non-hydrogen) atoms. The van der Waals surface area contributed by atoms with Crippen molar-refractivity contribution in [1.29, 1.82) is 0 Å². The highest BCUT2D eigenvalue weighted by atomic mass is 32.2. The lowest BCUT2D eigenvalue weighted by atomic mass is 9.80. The topological polar surface area (TPSA) is 186 Å². The molecule has 21 heteroatoms. The van der Waals surface area contributed by atoms with Crippen LogP contribution in [-0.4, -0.2) is 168 Å². The number of piperidine rings is 4. The van der Waals surface area contributed by atoms with Crippen LogP contribution in [0.15, 0.2) is 152 Å². The Hall–Kier alpha value is -4.96. The summed E-state index contributed by atoms with van der Waals surface area (Å²) in [5.41, 5.74) is 4.76. The standard InChI is InChI=1S/C21H28N2O2S.C14H23BN2O3S.C13H21BN2O.C13H20N2O2S/c1-26(24,25)23(21-12-6-3-7-13-21)18-20-11-8-15-22(17-20)16-14-19-9-4-2-5-10-19;1-15(18)16-10-6-7-13(11-16)12-17(21(2,19)20)14-8-4-3-5-9-14;1-14(17)16-9-5-6-12(11-16)10-15-13-7-3-2-4-8-13;1-18(16,17)15(13-7-3-2-4-8-13)11-12-6-5-9-14-10-12/h2-7,9-10,12-13,20H,8,11,14-18H2,1H3;3-5,8-9,13,18H,6-7,10-12H2,1-2H3;2-4,7-8,12,15,17H,5-6,9-11H2,1H3;2-4,7-8,12,14H,5-6,9-11H2,1H3/t20-;13-;2*12-/m1101/s1. The summed E-state index contributed by atoms with van der Waals surface area (Å²) >= 11 is 0. The van der Waals surface area contributed by atoms with E-state index in [2.05, 4.69) is 56.7 Å². The monoisotopic (exact) mass is 1180 g/mol. The van der Waals surface area contributed by atoms with Crippen LogP contribution in [0.4, 0.5) is 22.7 Å². The largest absolute Gasteiger partial charge is 0.437 e. The summed E-state index contributed by atoms with van der Waals surface area (Å²) in [5.74, 6) is 1.64. The predicted octanol–water partition coefficient (Wildman–Crippen LogP) is 8.06. The smallest absolute Gasteiger partial charge is 0.376 e. The molecule has 0 bridgehead atoms. The third-order valence-electron chi connectivity index (χ3n) is 15.7. The Morgan fingerprint density at radius 2 is 0.878 bits per heavy atom. The van der Waals surface area contributed by atoms with Gasteiger partial charge in [-0.05, 0) is 195 Å². The van der Waals surface area contributed by atoms with E-state index < -0.39 is 37.1 Å². The minimum absolute atomic E-state index is 0.239. The minimum Gasteiger partial charge on any atom is -0.437 e. The molecule has 0 aromatic heterocycles. The maximum absolute atomic E-state index is 12.3. The molecule has 5 aromatic carbocycles.